The molecule has 1 rings (SSSR count). The highest BCUT2D eigenvalue weighted by Crippen LogP contribution is 2.25. The van der Waals surface area contributed by atoms with Crippen molar-refractivity contribution in [2.45, 2.75) is 33.1 Å². The lowest BCUT2D eigenvalue weighted by atomic mass is 9.88. The van der Waals surface area contributed by atoms with E-state index in [0.717, 1.165) is 0 Å². The van der Waals surface area contributed by atoms with Gasteiger partial charge in [-0.3, -0.25) is 4.99 Å². The molecule has 66 valence electrons. The lowest BCUT2D eigenvalue weighted by Gasteiger charge is -2.19. The third-order valence-electron chi connectivity index (χ3n) is 2.42. The minimum atomic E-state index is 1.19. The van der Waals surface area contributed by atoms with Crippen LogP contribution in [0.3, 0.4) is 0 Å². The molecular weight excluding hydrogens is 146 g/mol. The lowest BCUT2D eigenvalue weighted by Crippen LogP contribution is -2.12. The fourth-order valence-corrected chi connectivity index (χ4v) is 1.76. The summed E-state index contributed by atoms with van der Waals surface area (Å²) in [4.78, 5) is 4.33. The number of nitrogens with zero attached hydrogens (tertiary/aromatic N) is 1. The van der Waals surface area contributed by atoms with Gasteiger partial charge in [-0.05, 0) is 44.3 Å². The van der Waals surface area contributed by atoms with Gasteiger partial charge < -0.3 is 0 Å². The molecular formula is C11H17N. The molecule has 1 fully saturated rings. The molecule has 0 radical (unpaired) electrons. The van der Waals surface area contributed by atoms with Crippen LogP contribution in [0.4, 0.5) is 0 Å². The summed E-state index contributed by atoms with van der Waals surface area (Å²) in [5.41, 5.74) is 4.06. The second kappa shape index (κ2) is 4.24. The van der Waals surface area contributed by atoms with E-state index in [1.54, 1.807) is 0 Å². The van der Waals surface area contributed by atoms with Gasteiger partial charge in [-0.2, -0.15) is 0 Å². The second-order valence-corrected chi connectivity index (χ2v) is 3.05. The molecule has 0 spiro atoms. The van der Waals surface area contributed by atoms with Gasteiger partial charge in [0.1, 0.15) is 0 Å². The Morgan fingerprint density at radius 3 is 1.92 bits per heavy atom. The highest BCUT2D eigenvalue weighted by Gasteiger charge is 2.15. The molecule has 1 nitrogen and oxygen atoms in total. The van der Waals surface area contributed by atoms with Crippen molar-refractivity contribution in [2.24, 2.45) is 4.99 Å². The summed E-state index contributed by atoms with van der Waals surface area (Å²) in [6, 6.07) is 0. The van der Waals surface area contributed by atoms with Crippen molar-refractivity contribution in [1.82, 2.24) is 0 Å². The Labute approximate surface area is 74.9 Å². The molecule has 0 heterocycles. The second-order valence-electron chi connectivity index (χ2n) is 3.05. The van der Waals surface area contributed by atoms with E-state index in [9.17, 15) is 0 Å². The zero-order chi connectivity index (χ0) is 8.97. The lowest BCUT2D eigenvalue weighted by molar-refractivity contribution is 0.808. The molecule has 0 amide bonds. The Hall–Kier alpha value is -0.850. The first-order chi connectivity index (χ1) is 5.83. The molecule has 0 aromatic rings. The smallest absolute Gasteiger partial charge is 0.0628 e. The number of hydrogen-bond acceptors (Lipinski definition) is 1. The van der Waals surface area contributed by atoms with Crippen LogP contribution in [0, 0.1) is 0 Å². The number of hydrogen-bond donors (Lipinski definition) is 0. The molecule has 0 saturated heterocycles. The third-order valence-corrected chi connectivity index (χ3v) is 2.42. The van der Waals surface area contributed by atoms with Gasteiger partial charge in [0, 0.05) is 7.05 Å². The van der Waals surface area contributed by atoms with E-state index in [2.05, 4.69) is 31.0 Å². The SMILES string of the molecule is C/C=C1/CCC/C(=C\C)C1=NC. The van der Waals surface area contributed by atoms with Gasteiger partial charge in [-0.25, -0.2) is 0 Å². The molecule has 0 aliphatic heterocycles. The van der Waals surface area contributed by atoms with Crippen LogP contribution in [0.2, 0.25) is 0 Å². The Kier molecular flexibility index (Phi) is 3.27. The maximum atomic E-state index is 4.33. The molecule has 0 aromatic heterocycles. The summed E-state index contributed by atoms with van der Waals surface area (Å²) < 4.78 is 0. The van der Waals surface area contributed by atoms with Crippen LogP contribution >= 0.6 is 0 Å². The van der Waals surface area contributed by atoms with E-state index in [0.29, 0.717) is 0 Å². The van der Waals surface area contributed by atoms with Crippen LogP contribution in [0.15, 0.2) is 28.3 Å². The van der Waals surface area contributed by atoms with Crippen molar-refractivity contribution in [3.63, 3.8) is 0 Å². The highest BCUT2D eigenvalue weighted by atomic mass is 14.7. The predicted octanol–water partition coefficient (Wildman–Crippen LogP) is 3.13. The van der Waals surface area contributed by atoms with E-state index in [4.69, 9.17) is 0 Å². The average Bonchev–Trinajstić information content (AvgIpc) is 2.16. The van der Waals surface area contributed by atoms with Crippen molar-refractivity contribution >= 4 is 5.71 Å². The molecule has 1 saturated carbocycles. The average molecular weight is 163 g/mol. The normalized spacial score (nSPS) is 28.8. The summed E-state index contributed by atoms with van der Waals surface area (Å²) >= 11 is 0. The Balaban J connectivity index is 2.97. The van der Waals surface area contributed by atoms with Crippen LogP contribution in [-0.4, -0.2) is 12.8 Å². The third kappa shape index (κ3) is 1.66. The minimum Gasteiger partial charge on any atom is -0.288 e. The maximum Gasteiger partial charge on any atom is 0.0628 e. The Bertz CT molecular complexity index is 222. The summed E-state index contributed by atoms with van der Waals surface area (Å²) in [6.07, 6.45) is 8.04. The van der Waals surface area contributed by atoms with E-state index >= 15 is 0 Å². The van der Waals surface area contributed by atoms with Crippen LogP contribution in [-0.2, 0) is 0 Å². The fourth-order valence-electron chi connectivity index (χ4n) is 1.76. The van der Waals surface area contributed by atoms with Gasteiger partial charge in [-0.1, -0.05) is 12.2 Å². The highest BCUT2D eigenvalue weighted by molar-refractivity contribution is 6.12. The molecule has 0 N–H and O–H groups in total. The minimum absolute atomic E-state index is 1.19. The fraction of sp³-hybridized carbons (Fsp3) is 0.545. The first kappa shape index (κ1) is 9.24. The van der Waals surface area contributed by atoms with Gasteiger partial charge >= 0.3 is 0 Å². The molecule has 0 atom stereocenters. The molecule has 0 aromatic carbocycles. The first-order valence-corrected chi connectivity index (χ1v) is 4.61. The van der Waals surface area contributed by atoms with Gasteiger partial charge in [0.2, 0.25) is 0 Å². The van der Waals surface area contributed by atoms with Crippen LogP contribution in [0.1, 0.15) is 33.1 Å². The van der Waals surface area contributed by atoms with E-state index in [1.165, 1.54) is 36.1 Å². The van der Waals surface area contributed by atoms with Crippen LogP contribution < -0.4 is 0 Å². The van der Waals surface area contributed by atoms with Gasteiger partial charge in [0.15, 0.2) is 0 Å². The van der Waals surface area contributed by atoms with E-state index < -0.39 is 0 Å². The summed E-state index contributed by atoms with van der Waals surface area (Å²) in [5.74, 6) is 0. The largest absolute Gasteiger partial charge is 0.288 e. The summed E-state index contributed by atoms with van der Waals surface area (Å²) in [5, 5.41) is 0. The van der Waals surface area contributed by atoms with Gasteiger partial charge in [-0.15, -0.1) is 0 Å². The van der Waals surface area contributed by atoms with Crippen molar-refractivity contribution in [3.8, 4) is 0 Å². The molecule has 1 aliphatic carbocycles. The molecule has 0 bridgehead atoms. The maximum absolute atomic E-state index is 4.33. The zero-order valence-electron chi connectivity index (χ0n) is 8.22. The Morgan fingerprint density at radius 2 is 1.58 bits per heavy atom. The van der Waals surface area contributed by atoms with E-state index in [-0.39, 0.29) is 0 Å². The Morgan fingerprint density at radius 1 is 1.08 bits per heavy atom. The van der Waals surface area contributed by atoms with Crippen LogP contribution in [0.5, 0.6) is 0 Å². The zero-order valence-corrected chi connectivity index (χ0v) is 8.22. The monoisotopic (exact) mass is 163 g/mol. The van der Waals surface area contributed by atoms with Crippen molar-refractivity contribution in [1.29, 1.82) is 0 Å². The topological polar surface area (TPSA) is 12.4 Å². The number of aliphatic imine (C=N–C) groups is 1. The van der Waals surface area contributed by atoms with Gasteiger partial charge in [0.05, 0.1) is 5.71 Å². The van der Waals surface area contributed by atoms with E-state index in [1.807, 2.05) is 7.05 Å². The van der Waals surface area contributed by atoms with Crippen molar-refractivity contribution < 1.29 is 0 Å². The first-order valence-electron chi connectivity index (χ1n) is 4.61. The standard InChI is InChI=1S/C11H17N/c1-4-9-7-6-8-10(5-2)11(9)12-3/h4-5H,6-8H2,1-3H3/b9-4-,10-5+,12-11?. The molecule has 1 heteroatoms. The predicted molar refractivity (Wildman–Crippen MR) is 54.7 cm³/mol. The quantitative estimate of drug-likeness (QED) is 0.520. The summed E-state index contributed by atoms with van der Waals surface area (Å²) in [6.45, 7) is 4.19. The molecule has 12 heavy (non-hydrogen) atoms. The molecule has 0 unspecified atom stereocenters. The molecule has 1 aliphatic rings. The number of allylic oxidation sites excluding steroid dienone is 4. The van der Waals surface area contributed by atoms with Crippen molar-refractivity contribution in [2.75, 3.05) is 7.05 Å². The van der Waals surface area contributed by atoms with Gasteiger partial charge in [0.25, 0.3) is 0 Å². The van der Waals surface area contributed by atoms with Crippen molar-refractivity contribution in [3.05, 3.63) is 23.3 Å². The van der Waals surface area contributed by atoms with Crippen LogP contribution in [0.25, 0.3) is 0 Å². The number of rotatable bonds is 0. The summed E-state index contributed by atoms with van der Waals surface area (Å²) in [7, 11) is 1.88.